The maximum Gasteiger partial charge on any atom is 0.243 e. The van der Waals surface area contributed by atoms with E-state index in [2.05, 4.69) is 26.5 Å². The van der Waals surface area contributed by atoms with E-state index < -0.39 is 0 Å². The van der Waals surface area contributed by atoms with Crippen LogP contribution in [0.1, 0.15) is 44.1 Å². The summed E-state index contributed by atoms with van der Waals surface area (Å²) in [6, 6.07) is 7.60. The minimum absolute atomic E-state index is 0.126. The molecule has 0 aromatic heterocycles. The van der Waals surface area contributed by atoms with E-state index in [1.165, 1.54) is 0 Å². The van der Waals surface area contributed by atoms with Gasteiger partial charge in [0.05, 0.1) is 6.21 Å². The van der Waals surface area contributed by atoms with Gasteiger partial charge in [-0.15, -0.1) is 0 Å². The minimum Gasteiger partial charge on any atom is -0.289 e. The molecule has 1 rings (SSSR count). The zero-order valence-electron chi connectivity index (χ0n) is 12.2. The van der Waals surface area contributed by atoms with E-state index in [9.17, 15) is 9.59 Å². The Morgan fingerprint density at radius 1 is 1.14 bits per heavy atom. The number of nitrogens with zero attached hydrogens (tertiary/aromatic N) is 1. The molecule has 7 heteroatoms. The van der Waals surface area contributed by atoms with E-state index >= 15 is 0 Å². The van der Waals surface area contributed by atoms with E-state index in [1.54, 1.807) is 11.7 Å². The molecule has 120 valence electrons. The van der Waals surface area contributed by atoms with Crippen LogP contribution in [0.15, 0.2) is 33.8 Å². The fraction of sp³-hybridized carbons (Fsp3) is 0.400. The van der Waals surface area contributed by atoms with Gasteiger partial charge in [-0.05, 0) is 30.5 Å². The van der Waals surface area contributed by atoms with Crippen molar-refractivity contribution >= 4 is 34.0 Å². The van der Waals surface area contributed by atoms with Crippen LogP contribution in [0.3, 0.4) is 0 Å². The van der Waals surface area contributed by atoms with Gasteiger partial charge in [-0.3, -0.25) is 14.8 Å². The summed E-state index contributed by atoms with van der Waals surface area (Å²) in [6.07, 6.45) is 5.47. The van der Waals surface area contributed by atoms with Gasteiger partial charge in [-0.25, -0.2) is 10.9 Å². The first-order valence-corrected chi connectivity index (χ1v) is 7.91. The number of carbonyl (C=O) groups is 2. The van der Waals surface area contributed by atoms with E-state index in [-0.39, 0.29) is 11.8 Å². The van der Waals surface area contributed by atoms with Crippen LogP contribution in [-0.2, 0) is 9.59 Å². The van der Waals surface area contributed by atoms with Crippen molar-refractivity contribution in [2.24, 2.45) is 5.10 Å². The van der Waals surface area contributed by atoms with Gasteiger partial charge in [0.2, 0.25) is 11.8 Å². The summed E-state index contributed by atoms with van der Waals surface area (Å²) in [5, 5.41) is 12.2. The second-order valence-corrected chi connectivity index (χ2v) is 5.71. The van der Waals surface area contributed by atoms with Gasteiger partial charge in [0, 0.05) is 17.3 Å². The molecule has 0 aliphatic heterocycles. The number of benzene rings is 1. The highest BCUT2D eigenvalue weighted by Crippen LogP contribution is 2.10. The van der Waals surface area contributed by atoms with Crippen LogP contribution in [0.2, 0.25) is 0 Å². The quantitative estimate of drug-likeness (QED) is 0.270. The molecule has 0 aliphatic carbocycles. The third kappa shape index (κ3) is 8.53. The Morgan fingerprint density at radius 3 is 2.45 bits per heavy atom. The average molecular weight is 370 g/mol. The molecule has 0 spiro atoms. The van der Waals surface area contributed by atoms with Crippen molar-refractivity contribution in [2.75, 3.05) is 0 Å². The number of nitrogens with one attached hydrogen (secondary N) is 2. The molecule has 0 saturated carbocycles. The van der Waals surface area contributed by atoms with E-state index in [0.29, 0.717) is 19.3 Å². The normalized spacial score (nSPS) is 10.6. The van der Waals surface area contributed by atoms with Crippen LogP contribution < -0.4 is 10.9 Å². The molecule has 0 aliphatic rings. The van der Waals surface area contributed by atoms with E-state index in [4.69, 9.17) is 5.21 Å². The summed E-state index contributed by atoms with van der Waals surface area (Å²) in [4.78, 5) is 22.3. The Balaban J connectivity index is 2.10. The first kappa shape index (κ1) is 18.3. The first-order valence-electron chi connectivity index (χ1n) is 7.12. The molecule has 0 unspecified atom stereocenters. The van der Waals surface area contributed by atoms with Crippen molar-refractivity contribution in [3.05, 3.63) is 34.3 Å². The largest absolute Gasteiger partial charge is 0.289 e. The van der Waals surface area contributed by atoms with Gasteiger partial charge < -0.3 is 0 Å². The number of hydrogen-bond donors (Lipinski definition) is 3. The highest BCUT2D eigenvalue weighted by atomic mass is 79.9. The smallest absolute Gasteiger partial charge is 0.243 e. The Bertz CT molecular complexity index is 521. The Hall–Kier alpha value is -1.73. The van der Waals surface area contributed by atoms with Crippen LogP contribution in [0.25, 0.3) is 0 Å². The van der Waals surface area contributed by atoms with Gasteiger partial charge in [-0.1, -0.05) is 40.9 Å². The molecule has 1 aromatic carbocycles. The summed E-state index contributed by atoms with van der Waals surface area (Å²) >= 11 is 3.36. The van der Waals surface area contributed by atoms with Gasteiger partial charge in [0.25, 0.3) is 0 Å². The predicted octanol–water partition coefficient (Wildman–Crippen LogP) is 2.75. The maximum absolute atomic E-state index is 11.6. The maximum atomic E-state index is 11.6. The Labute approximate surface area is 138 Å². The summed E-state index contributed by atoms with van der Waals surface area (Å²) in [5.41, 5.74) is 4.98. The zero-order chi connectivity index (χ0) is 16.2. The van der Waals surface area contributed by atoms with E-state index in [1.807, 2.05) is 24.3 Å². The summed E-state index contributed by atoms with van der Waals surface area (Å²) < 4.78 is 0.956. The van der Waals surface area contributed by atoms with Crippen LogP contribution in [0.4, 0.5) is 0 Å². The lowest BCUT2D eigenvalue weighted by Crippen LogP contribution is -2.18. The minimum atomic E-state index is -0.375. The van der Waals surface area contributed by atoms with Crippen molar-refractivity contribution in [1.82, 2.24) is 10.9 Å². The van der Waals surface area contributed by atoms with Gasteiger partial charge in [-0.2, -0.15) is 5.10 Å². The molecule has 0 fully saturated rings. The second-order valence-electron chi connectivity index (χ2n) is 4.80. The predicted molar refractivity (Wildman–Crippen MR) is 87.5 cm³/mol. The van der Waals surface area contributed by atoms with Gasteiger partial charge in [0.15, 0.2) is 0 Å². The first-order chi connectivity index (χ1) is 10.6. The molecule has 22 heavy (non-hydrogen) atoms. The number of carbonyl (C=O) groups excluding carboxylic acids is 2. The summed E-state index contributed by atoms with van der Waals surface area (Å²) in [7, 11) is 0. The monoisotopic (exact) mass is 369 g/mol. The highest BCUT2D eigenvalue weighted by Gasteiger charge is 2.01. The highest BCUT2D eigenvalue weighted by molar-refractivity contribution is 9.10. The zero-order valence-corrected chi connectivity index (χ0v) is 13.8. The molecule has 0 atom stereocenters. The Kier molecular flexibility index (Phi) is 9.09. The molecule has 6 nitrogen and oxygen atoms in total. The summed E-state index contributed by atoms with van der Waals surface area (Å²) in [6.45, 7) is 0. The molecule has 3 N–H and O–H groups in total. The van der Waals surface area contributed by atoms with E-state index in [0.717, 1.165) is 29.3 Å². The topological polar surface area (TPSA) is 90.8 Å². The molecule has 0 saturated heterocycles. The molecular formula is C15H20BrN3O3. The number of rotatable bonds is 9. The molecule has 2 amide bonds. The number of hydrogen-bond acceptors (Lipinski definition) is 4. The molecule has 0 radical (unpaired) electrons. The van der Waals surface area contributed by atoms with Gasteiger partial charge >= 0.3 is 0 Å². The van der Waals surface area contributed by atoms with Crippen molar-refractivity contribution < 1.29 is 14.8 Å². The molecule has 0 heterocycles. The third-order valence-corrected chi connectivity index (χ3v) is 3.43. The van der Waals surface area contributed by atoms with Gasteiger partial charge in [0.1, 0.15) is 0 Å². The lowest BCUT2D eigenvalue weighted by molar-refractivity contribution is -0.129. The lowest BCUT2D eigenvalue weighted by Gasteiger charge is -2.01. The second kappa shape index (κ2) is 10.9. The standard InChI is InChI=1S/C15H20BrN3O3/c16-13-7-5-6-12(10-13)11-17-18-14(20)8-3-1-2-4-9-15(21)19-22/h5-7,10-11,22H,1-4,8-9H2,(H,18,20)(H,19,21)/b17-11-. The van der Waals surface area contributed by atoms with Crippen LogP contribution in [-0.4, -0.2) is 23.2 Å². The molecule has 1 aromatic rings. The fourth-order valence-corrected chi connectivity index (χ4v) is 2.22. The summed E-state index contributed by atoms with van der Waals surface area (Å²) in [5.74, 6) is -0.501. The van der Waals surface area contributed by atoms with Crippen LogP contribution in [0, 0.1) is 0 Å². The van der Waals surface area contributed by atoms with Crippen molar-refractivity contribution in [3.8, 4) is 0 Å². The third-order valence-electron chi connectivity index (χ3n) is 2.93. The number of amides is 2. The number of unbranched alkanes of at least 4 members (excludes halogenated alkanes) is 3. The van der Waals surface area contributed by atoms with Crippen molar-refractivity contribution in [2.45, 2.75) is 38.5 Å². The average Bonchev–Trinajstić information content (AvgIpc) is 2.50. The molecule has 0 bridgehead atoms. The fourth-order valence-electron chi connectivity index (χ4n) is 1.80. The van der Waals surface area contributed by atoms with Crippen LogP contribution in [0.5, 0.6) is 0 Å². The number of halogens is 1. The SMILES string of the molecule is O=C(CCCCCCC(=O)N/N=C\c1cccc(Br)c1)NO. The number of hydroxylamine groups is 1. The molecular weight excluding hydrogens is 350 g/mol. The Morgan fingerprint density at radius 2 is 1.82 bits per heavy atom. The van der Waals surface area contributed by atoms with Crippen molar-refractivity contribution in [3.63, 3.8) is 0 Å². The number of hydrazone groups is 1. The lowest BCUT2D eigenvalue weighted by atomic mass is 10.1. The van der Waals surface area contributed by atoms with Crippen molar-refractivity contribution in [1.29, 1.82) is 0 Å². The van der Waals surface area contributed by atoms with Crippen LogP contribution >= 0.6 is 15.9 Å².